The molecule has 3 nitrogen and oxygen atoms in total. The molecule has 1 unspecified atom stereocenters. The molecular formula is C16H28BO3P. The van der Waals surface area contributed by atoms with E-state index in [0.717, 1.165) is 18.4 Å². The number of allylic oxidation sites excluding steroid dienone is 1. The van der Waals surface area contributed by atoms with Crippen LogP contribution in [0.5, 0.6) is 0 Å². The summed E-state index contributed by atoms with van der Waals surface area (Å²) in [6.07, 6.45) is 5.30. The lowest BCUT2D eigenvalue weighted by Crippen LogP contribution is -2.45. The number of hydrogen-bond acceptors (Lipinski definition) is 3. The maximum atomic E-state index is 12.3. The van der Waals surface area contributed by atoms with Gasteiger partial charge in [0.2, 0.25) is 0 Å². The molecule has 0 N–H and O–H groups in total. The lowest BCUT2D eigenvalue weighted by molar-refractivity contribution is -0.134. The van der Waals surface area contributed by atoms with Crippen LogP contribution in [0.2, 0.25) is 0 Å². The third kappa shape index (κ3) is 5.85. The van der Waals surface area contributed by atoms with Gasteiger partial charge in [0.25, 0.3) is 0 Å². The SMILES string of the molecule is [B]P(C)O[C@@H]1CCC(=O)[C@@H](/C(C)=C/CCC(C)C)[C@@H]1OC. The van der Waals surface area contributed by atoms with E-state index in [1.165, 1.54) is 0 Å². The number of carbonyl (C=O) groups is 1. The minimum Gasteiger partial charge on any atom is -0.378 e. The lowest BCUT2D eigenvalue weighted by atomic mass is 9.78. The highest BCUT2D eigenvalue weighted by atomic mass is 31.1. The first-order valence-electron chi connectivity index (χ1n) is 7.74. The van der Waals surface area contributed by atoms with Crippen LogP contribution in [-0.4, -0.2) is 39.3 Å². The Labute approximate surface area is 132 Å². The molecule has 1 saturated carbocycles. The van der Waals surface area contributed by atoms with E-state index in [-0.39, 0.29) is 23.9 Å². The molecule has 2 radical (unpaired) electrons. The monoisotopic (exact) mass is 310 g/mol. The molecule has 1 fully saturated rings. The minimum atomic E-state index is -0.939. The molecule has 21 heavy (non-hydrogen) atoms. The van der Waals surface area contributed by atoms with Gasteiger partial charge in [0.15, 0.2) is 0 Å². The smallest absolute Gasteiger partial charge is 0.148 e. The summed E-state index contributed by atoms with van der Waals surface area (Å²) < 4.78 is 11.4. The number of Topliss-reactive ketones (excluding diaryl/α,β-unsaturated/α-hetero) is 1. The second kappa shape index (κ2) is 9.07. The van der Waals surface area contributed by atoms with Crippen molar-refractivity contribution in [1.29, 1.82) is 0 Å². The Bertz CT molecular complexity index is 369. The van der Waals surface area contributed by atoms with Crippen LogP contribution in [0.25, 0.3) is 0 Å². The summed E-state index contributed by atoms with van der Waals surface area (Å²) in [6, 6.07) is 0. The van der Waals surface area contributed by atoms with Gasteiger partial charge in [-0.15, -0.1) is 0 Å². The molecule has 1 aliphatic rings. The molecule has 0 bridgehead atoms. The third-order valence-corrected chi connectivity index (χ3v) is 4.60. The van der Waals surface area contributed by atoms with Gasteiger partial charge in [0.05, 0.1) is 18.1 Å². The average molecular weight is 310 g/mol. The maximum absolute atomic E-state index is 12.3. The normalized spacial score (nSPS) is 29.0. The molecular weight excluding hydrogens is 282 g/mol. The van der Waals surface area contributed by atoms with Crippen LogP contribution < -0.4 is 0 Å². The van der Waals surface area contributed by atoms with Crippen molar-refractivity contribution < 1.29 is 14.1 Å². The Balaban J connectivity index is 2.81. The second-order valence-corrected chi connectivity index (χ2v) is 7.60. The molecule has 0 saturated heterocycles. The molecule has 1 aliphatic carbocycles. The fraction of sp³-hybridized carbons (Fsp3) is 0.812. The number of ether oxygens (including phenoxy) is 1. The zero-order chi connectivity index (χ0) is 16.0. The Kier molecular flexibility index (Phi) is 8.16. The van der Waals surface area contributed by atoms with E-state index >= 15 is 0 Å². The Morgan fingerprint density at radius 2 is 2.19 bits per heavy atom. The van der Waals surface area contributed by atoms with Crippen LogP contribution in [0.1, 0.15) is 46.5 Å². The molecule has 118 valence electrons. The second-order valence-electron chi connectivity index (χ2n) is 6.29. The van der Waals surface area contributed by atoms with E-state index < -0.39 is 8.03 Å². The molecule has 0 aromatic rings. The van der Waals surface area contributed by atoms with E-state index in [0.29, 0.717) is 18.8 Å². The van der Waals surface area contributed by atoms with Gasteiger partial charge >= 0.3 is 0 Å². The Morgan fingerprint density at radius 1 is 1.52 bits per heavy atom. The fourth-order valence-electron chi connectivity index (χ4n) is 2.90. The highest BCUT2D eigenvalue weighted by molar-refractivity contribution is 7.77. The summed E-state index contributed by atoms with van der Waals surface area (Å²) >= 11 is 0. The molecule has 0 spiro atoms. The van der Waals surface area contributed by atoms with Gasteiger partial charge in [0.1, 0.15) is 13.3 Å². The van der Waals surface area contributed by atoms with E-state index in [4.69, 9.17) is 16.8 Å². The van der Waals surface area contributed by atoms with Crippen LogP contribution in [0.15, 0.2) is 11.6 Å². The van der Waals surface area contributed by atoms with Crippen LogP contribution >= 0.6 is 8.03 Å². The summed E-state index contributed by atoms with van der Waals surface area (Å²) in [6.45, 7) is 8.33. The van der Waals surface area contributed by atoms with Crippen LogP contribution in [0, 0.1) is 11.8 Å². The van der Waals surface area contributed by atoms with Gasteiger partial charge in [-0.05, 0) is 46.8 Å². The zero-order valence-corrected chi connectivity index (χ0v) is 14.9. The number of methoxy groups -OCH3 is 1. The van der Waals surface area contributed by atoms with E-state index in [2.05, 4.69) is 19.9 Å². The predicted octanol–water partition coefficient (Wildman–Crippen LogP) is 3.86. The molecule has 0 aliphatic heterocycles. The average Bonchev–Trinajstić information content (AvgIpc) is 2.39. The Hall–Kier alpha value is -0.175. The van der Waals surface area contributed by atoms with Gasteiger partial charge in [0, 0.05) is 13.5 Å². The highest BCUT2D eigenvalue weighted by Gasteiger charge is 2.40. The van der Waals surface area contributed by atoms with Crippen molar-refractivity contribution in [3.05, 3.63) is 11.6 Å². The zero-order valence-electron chi connectivity index (χ0n) is 14.0. The van der Waals surface area contributed by atoms with Crippen molar-refractivity contribution in [3.8, 4) is 0 Å². The van der Waals surface area contributed by atoms with E-state index in [1.54, 1.807) is 7.11 Å². The van der Waals surface area contributed by atoms with Crippen molar-refractivity contribution in [1.82, 2.24) is 0 Å². The highest BCUT2D eigenvalue weighted by Crippen LogP contribution is 2.38. The van der Waals surface area contributed by atoms with Crippen LogP contribution in [0.3, 0.4) is 0 Å². The first-order chi connectivity index (χ1) is 9.86. The largest absolute Gasteiger partial charge is 0.378 e. The molecule has 5 heteroatoms. The van der Waals surface area contributed by atoms with Gasteiger partial charge < -0.3 is 9.26 Å². The van der Waals surface area contributed by atoms with Gasteiger partial charge in [-0.3, -0.25) is 4.79 Å². The lowest BCUT2D eigenvalue weighted by Gasteiger charge is -2.37. The maximum Gasteiger partial charge on any atom is 0.148 e. The molecule has 0 aromatic heterocycles. The summed E-state index contributed by atoms with van der Waals surface area (Å²) in [5.74, 6) is 0.750. The molecule has 4 atom stereocenters. The first kappa shape index (κ1) is 18.9. The predicted molar refractivity (Wildman–Crippen MR) is 89.8 cm³/mol. The van der Waals surface area contributed by atoms with E-state index in [1.807, 2.05) is 13.6 Å². The van der Waals surface area contributed by atoms with E-state index in [9.17, 15) is 4.79 Å². The van der Waals surface area contributed by atoms with Crippen LogP contribution in [-0.2, 0) is 14.1 Å². The summed E-state index contributed by atoms with van der Waals surface area (Å²) in [7, 11) is 6.51. The van der Waals surface area contributed by atoms with Gasteiger partial charge in [-0.2, -0.15) is 0 Å². The molecule has 0 heterocycles. The summed E-state index contributed by atoms with van der Waals surface area (Å²) in [5.41, 5.74) is 1.11. The summed E-state index contributed by atoms with van der Waals surface area (Å²) in [5, 5.41) is 0. The number of carbonyl (C=O) groups excluding carboxylic acids is 1. The molecule has 0 aromatic carbocycles. The van der Waals surface area contributed by atoms with Crippen molar-refractivity contribution in [2.24, 2.45) is 11.8 Å². The standard InChI is InChI=1S/C16H28BO3P/c1-11(2)7-6-8-12(3)15-13(18)9-10-14(16(15)19-4)20-21(5)17/h8,11,14-16H,6-7,9-10H2,1-5H3/b12-8+/t14-,15-,16-,21?/m1/s1. The number of hydrogen-bond donors (Lipinski definition) is 0. The van der Waals surface area contributed by atoms with Crippen molar-refractivity contribution in [2.75, 3.05) is 13.8 Å². The van der Waals surface area contributed by atoms with Crippen molar-refractivity contribution in [3.63, 3.8) is 0 Å². The number of ketones is 1. The topological polar surface area (TPSA) is 35.5 Å². The van der Waals surface area contributed by atoms with Crippen LogP contribution in [0.4, 0.5) is 0 Å². The minimum absolute atomic E-state index is 0.0766. The van der Waals surface area contributed by atoms with Gasteiger partial charge in [-0.25, -0.2) is 0 Å². The van der Waals surface area contributed by atoms with Crippen molar-refractivity contribution in [2.45, 2.75) is 58.7 Å². The quantitative estimate of drug-likeness (QED) is 0.407. The summed E-state index contributed by atoms with van der Waals surface area (Å²) in [4.78, 5) is 12.3. The third-order valence-electron chi connectivity index (χ3n) is 3.99. The van der Waals surface area contributed by atoms with Crippen molar-refractivity contribution >= 4 is 21.4 Å². The molecule has 1 rings (SSSR count). The Morgan fingerprint density at radius 3 is 2.71 bits per heavy atom. The first-order valence-corrected chi connectivity index (χ1v) is 9.51. The fourth-order valence-corrected chi connectivity index (χ4v) is 3.55. The molecule has 0 amide bonds. The van der Waals surface area contributed by atoms with Gasteiger partial charge in [-0.1, -0.05) is 25.5 Å². The number of rotatable bonds is 7.